The Morgan fingerprint density at radius 3 is 2.47 bits per heavy atom. The Morgan fingerprint density at radius 2 is 1.93 bits per heavy atom. The topological polar surface area (TPSA) is 57.5 Å². The second kappa shape index (κ2) is 6.48. The molecule has 1 rings (SSSR count). The van der Waals surface area contributed by atoms with Gasteiger partial charge in [-0.15, -0.1) is 0 Å². The molecule has 0 heterocycles. The molecular weight excluding hydrogens is 212 g/mol. The second-order valence-corrected chi connectivity index (χ2v) is 4.24. The van der Waals surface area contributed by atoms with Crippen molar-refractivity contribution in [1.82, 2.24) is 0 Å². The van der Waals surface area contributed by atoms with Crippen LogP contribution < -0.4 is 0 Å². The normalized spacial score (nSPS) is 10.2. The zero-order chi connectivity index (χ0) is 11.1. The molecule has 0 amide bonds. The van der Waals surface area contributed by atoms with E-state index in [0.717, 1.165) is 23.5 Å². The maximum absolute atomic E-state index is 10.6. The summed E-state index contributed by atoms with van der Waals surface area (Å²) >= 11 is 1.74. The van der Waals surface area contributed by atoms with Gasteiger partial charge in [-0.25, -0.2) is 4.79 Å². The SMILES string of the molecule is O=C(O)c1ccc(CSCCCO)cc1. The van der Waals surface area contributed by atoms with E-state index in [1.807, 2.05) is 12.1 Å². The van der Waals surface area contributed by atoms with Gasteiger partial charge >= 0.3 is 5.97 Å². The fourth-order valence-electron chi connectivity index (χ4n) is 1.10. The molecule has 4 heteroatoms. The molecule has 1 aromatic carbocycles. The van der Waals surface area contributed by atoms with Crippen molar-refractivity contribution in [1.29, 1.82) is 0 Å². The highest BCUT2D eigenvalue weighted by atomic mass is 32.2. The van der Waals surface area contributed by atoms with E-state index in [1.54, 1.807) is 23.9 Å². The average molecular weight is 226 g/mol. The van der Waals surface area contributed by atoms with Crippen molar-refractivity contribution < 1.29 is 15.0 Å². The lowest BCUT2D eigenvalue weighted by atomic mass is 10.1. The molecule has 2 N–H and O–H groups in total. The predicted molar refractivity (Wildman–Crippen MR) is 61.3 cm³/mol. The molecule has 1 aromatic rings. The summed E-state index contributed by atoms with van der Waals surface area (Å²) < 4.78 is 0. The maximum atomic E-state index is 10.6. The van der Waals surface area contributed by atoms with Crippen LogP contribution in [0.3, 0.4) is 0 Å². The average Bonchev–Trinajstić information content (AvgIpc) is 2.25. The molecule has 0 bridgehead atoms. The monoisotopic (exact) mass is 226 g/mol. The molecule has 15 heavy (non-hydrogen) atoms. The van der Waals surface area contributed by atoms with Gasteiger partial charge in [-0.1, -0.05) is 12.1 Å². The van der Waals surface area contributed by atoms with Gasteiger partial charge in [0.15, 0.2) is 0 Å². The highest BCUT2D eigenvalue weighted by Gasteiger charge is 2.01. The minimum atomic E-state index is -0.894. The third kappa shape index (κ3) is 4.36. The largest absolute Gasteiger partial charge is 0.478 e. The number of carbonyl (C=O) groups is 1. The second-order valence-electron chi connectivity index (χ2n) is 3.13. The number of aliphatic hydroxyl groups excluding tert-OH is 1. The van der Waals surface area contributed by atoms with Crippen molar-refractivity contribution in [2.75, 3.05) is 12.4 Å². The first-order valence-electron chi connectivity index (χ1n) is 4.75. The third-order valence-electron chi connectivity index (χ3n) is 1.92. The van der Waals surface area contributed by atoms with E-state index in [2.05, 4.69) is 0 Å². The lowest BCUT2D eigenvalue weighted by Gasteiger charge is -2.01. The van der Waals surface area contributed by atoms with E-state index in [9.17, 15) is 4.79 Å². The molecule has 0 aromatic heterocycles. The van der Waals surface area contributed by atoms with Gasteiger partial charge in [0, 0.05) is 12.4 Å². The summed E-state index contributed by atoms with van der Waals surface area (Å²) in [5.74, 6) is 0.895. The first-order chi connectivity index (χ1) is 7.24. The lowest BCUT2D eigenvalue weighted by molar-refractivity contribution is 0.0697. The van der Waals surface area contributed by atoms with Crippen LogP contribution in [0.15, 0.2) is 24.3 Å². The van der Waals surface area contributed by atoms with Crippen molar-refractivity contribution in [3.05, 3.63) is 35.4 Å². The van der Waals surface area contributed by atoms with Crippen molar-refractivity contribution in [3.8, 4) is 0 Å². The summed E-state index contributed by atoms with van der Waals surface area (Å²) in [5.41, 5.74) is 1.43. The molecule has 0 fully saturated rings. The number of rotatable bonds is 6. The Hall–Kier alpha value is -1.00. The van der Waals surface area contributed by atoms with Crippen molar-refractivity contribution in [2.24, 2.45) is 0 Å². The quantitative estimate of drug-likeness (QED) is 0.728. The molecule has 0 aliphatic heterocycles. The molecule has 0 atom stereocenters. The molecular formula is C11H14O3S. The summed E-state index contributed by atoms with van der Waals surface area (Å²) in [6.45, 7) is 0.227. The summed E-state index contributed by atoms with van der Waals surface area (Å²) in [7, 11) is 0. The van der Waals surface area contributed by atoms with E-state index in [0.29, 0.717) is 5.56 Å². The molecule has 0 aliphatic carbocycles. The number of hydrogen-bond acceptors (Lipinski definition) is 3. The van der Waals surface area contributed by atoms with Crippen molar-refractivity contribution in [2.45, 2.75) is 12.2 Å². The molecule has 0 radical (unpaired) electrons. The van der Waals surface area contributed by atoms with Crippen LogP contribution >= 0.6 is 11.8 Å². The van der Waals surface area contributed by atoms with Gasteiger partial charge in [-0.2, -0.15) is 11.8 Å². The Balaban J connectivity index is 2.39. The van der Waals surface area contributed by atoms with Gasteiger partial charge in [0.05, 0.1) is 5.56 Å². The molecule has 0 saturated heterocycles. The third-order valence-corrected chi connectivity index (χ3v) is 3.03. The number of carboxylic acids is 1. The standard InChI is InChI=1S/C11H14O3S/c12-6-1-7-15-8-9-2-4-10(5-3-9)11(13)14/h2-5,12H,1,6-8H2,(H,13,14). The first-order valence-corrected chi connectivity index (χ1v) is 5.90. The molecule has 3 nitrogen and oxygen atoms in total. The van der Waals surface area contributed by atoms with Gasteiger partial charge in [-0.05, 0) is 29.9 Å². The van der Waals surface area contributed by atoms with Crippen LogP contribution in [0.25, 0.3) is 0 Å². The number of hydrogen-bond donors (Lipinski definition) is 2. The number of aromatic carboxylic acids is 1. The Bertz CT molecular complexity index is 308. The smallest absolute Gasteiger partial charge is 0.335 e. The first kappa shape index (κ1) is 12.1. The summed E-state index contributed by atoms with van der Waals surface area (Å²) in [6, 6.07) is 6.89. The fourth-order valence-corrected chi connectivity index (χ4v) is 2.01. The van der Waals surface area contributed by atoms with Gasteiger partial charge < -0.3 is 10.2 Å². The van der Waals surface area contributed by atoms with Crippen LogP contribution in [0, 0.1) is 0 Å². The maximum Gasteiger partial charge on any atom is 0.335 e. The fraction of sp³-hybridized carbons (Fsp3) is 0.364. The number of aliphatic hydroxyl groups is 1. The van der Waals surface area contributed by atoms with Crippen LogP contribution in [0.4, 0.5) is 0 Å². The van der Waals surface area contributed by atoms with E-state index >= 15 is 0 Å². The van der Waals surface area contributed by atoms with Crippen LogP contribution in [0.2, 0.25) is 0 Å². The Labute approximate surface area is 93.1 Å². The van der Waals surface area contributed by atoms with Gasteiger partial charge in [-0.3, -0.25) is 0 Å². The minimum Gasteiger partial charge on any atom is -0.478 e. The predicted octanol–water partition coefficient (Wildman–Crippen LogP) is 2.00. The van der Waals surface area contributed by atoms with Gasteiger partial charge in [0.25, 0.3) is 0 Å². The van der Waals surface area contributed by atoms with E-state index in [-0.39, 0.29) is 6.61 Å². The number of carboxylic acid groups (broad SMARTS) is 1. The van der Waals surface area contributed by atoms with Crippen LogP contribution in [0.1, 0.15) is 22.3 Å². The number of benzene rings is 1. The van der Waals surface area contributed by atoms with Crippen molar-refractivity contribution >= 4 is 17.7 Å². The summed E-state index contributed by atoms with van der Waals surface area (Å²) in [4.78, 5) is 10.6. The molecule has 0 unspecified atom stereocenters. The van der Waals surface area contributed by atoms with E-state index in [4.69, 9.17) is 10.2 Å². The zero-order valence-corrected chi connectivity index (χ0v) is 9.17. The zero-order valence-electron chi connectivity index (χ0n) is 8.35. The van der Waals surface area contributed by atoms with Crippen molar-refractivity contribution in [3.63, 3.8) is 0 Å². The highest BCUT2D eigenvalue weighted by Crippen LogP contribution is 2.13. The molecule has 0 spiro atoms. The highest BCUT2D eigenvalue weighted by molar-refractivity contribution is 7.98. The van der Waals surface area contributed by atoms with E-state index < -0.39 is 5.97 Å². The summed E-state index contributed by atoms with van der Waals surface area (Å²) in [5, 5.41) is 17.3. The lowest BCUT2D eigenvalue weighted by Crippen LogP contribution is -1.95. The Kier molecular flexibility index (Phi) is 5.21. The molecule has 0 aliphatic rings. The van der Waals surface area contributed by atoms with E-state index in [1.165, 1.54) is 0 Å². The summed E-state index contributed by atoms with van der Waals surface area (Å²) in [6.07, 6.45) is 0.803. The van der Waals surface area contributed by atoms with Crippen LogP contribution in [-0.2, 0) is 5.75 Å². The van der Waals surface area contributed by atoms with Crippen LogP contribution in [-0.4, -0.2) is 28.5 Å². The molecule has 0 saturated carbocycles. The minimum absolute atomic E-state index is 0.227. The Morgan fingerprint density at radius 1 is 1.27 bits per heavy atom. The molecule has 82 valence electrons. The van der Waals surface area contributed by atoms with Crippen LogP contribution in [0.5, 0.6) is 0 Å². The van der Waals surface area contributed by atoms with Gasteiger partial charge in [0.2, 0.25) is 0 Å². The number of thioether (sulfide) groups is 1. The van der Waals surface area contributed by atoms with Gasteiger partial charge in [0.1, 0.15) is 0 Å².